The lowest BCUT2D eigenvalue weighted by Crippen LogP contribution is -2.44. The quantitative estimate of drug-likeness (QED) is 0.789. The van der Waals surface area contributed by atoms with Crippen LogP contribution in [0.3, 0.4) is 0 Å². The zero-order valence-electron chi connectivity index (χ0n) is 12.6. The van der Waals surface area contributed by atoms with Gasteiger partial charge in [0.15, 0.2) is 0 Å². The second-order valence-electron chi connectivity index (χ2n) is 6.68. The molecule has 1 atom stereocenters. The summed E-state index contributed by atoms with van der Waals surface area (Å²) in [6.45, 7) is 5.98. The zero-order valence-corrected chi connectivity index (χ0v) is 12.6. The lowest BCUT2D eigenvalue weighted by Gasteiger charge is -2.29. The van der Waals surface area contributed by atoms with Gasteiger partial charge in [0.25, 0.3) is 0 Å². The molecule has 20 heavy (non-hydrogen) atoms. The van der Waals surface area contributed by atoms with E-state index in [1.807, 2.05) is 0 Å². The van der Waals surface area contributed by atoms with E-state index in [0.717, 1.165) is 51.2 Å². The van der Waals surface area contributed by atoms with Crippen molar-refractivity contribution in [1.82, 2.24) is 9.80 Å². The van der Waals surface area contributed by atoms with E-state index in [0.29, 0.717) is 12.5 Å². The average molecular weight is 280 g/mol. The largest absolute Gasteiger partial charge is 0.379 e. The van der Waals surface area contributed by atoms with Gasteiger partial charge in [-0.05, 0) is 18.3 Å². The van der Waals surface area contributed by atoms with E-state index in [9.17, 15) is 4.79 Å². The minimum absolute atomic E-state index is 0.338. The molecule has 1 aliphatic carbocycles. The van der Waals surface area contributed by atoms with Crippen LogP contribution in [0.4, 0.5) is 0 Å². The molecular formula is C16H28N2O2. The molecular weight excluding hydrogens is 252 g/mol. The van der Waals surface area contributed by atoms with E-state index in [1.165, 1.54) is 38.5 Å². The third kappa shape index (κ3) is 3.53. The molecule has 0 bridgehead atoms. The van der Waals surface area contributed by atoms with Gasteiger partial charge in [-0.3, -0.25) is 9.69 Å². The van der Waals surface area contributed by atoms with Gasteiger partial charge >= 0.3 is 0 Å². The molecule has 1 saturated carbocycles. The Kier molecular flexibility index (Phi) is 4.94. The number of likely N-dealkylation sites (tertiary alicyclic amines) is 1. The number of morpholine rings is 1. The van der Waals surface area contributed by atoms with Crippen molar-refractivity contribution in [3.8, 4) is 0 Å². The van der Waals surface area contributed by atoms with Crippen LogP contribution in [-0.4, -0.2) is 61.6 Å². The molecule has 0 aromatic carbocycles. The highest BCUT2D eigenvalue weighted by Crippen LogP contribution is 2.35. The SMILES string of the molecule is O=C(CN1CCOCC1)N1CCC(C2CCCCC2)C1. The first-order valence-electron chi connectivity index (χ1n) is 8.41. The van der Waals surface area contributed by atoms with E-state index >= 15 is 0 Å². The first-order valence-corrected chi connectivity index (χ1v) is 8.41. The Morgan fingerprint density at radius 3 is 2.45 bits per heavy atom. The first kappa shape index (κ1) is 14.3. The molecule has 0 spiro atoms. The molecule has 0 radical (unpaired) electrons. The summed E-state index contributed by atoms with van der Waals surface area (Å²) < 4.78 is 5.34. The Bertz CT molecular complexity index is 322. The molecule has 0 N–H and O–H groups in total. The minimum Gasteiger partial charge on any atom is -0.379 e. The fourth-order valence-corrected chi connectivity index (χ4v) is 4.05. The smallest absolute Gasteiger partial charge is 0.236 e. The lowest BCUT2D eigenvalue weighted by atomic mass is 9.80. The van der Waals surface area contributed by atoms with Gasteiger partial charge in [0, 0.05) is 26.2 Å². The fourth-order valence-electron chi connectivity index (χ4n) is 4.05. The normalized spacial score (nSPS) is 29.8. The van der Waals surface area contributed by atoms with E-state index in [4.69, 9.17) is 4.74 Å². The number of rotatable bonds is 3. The van der Waals surface area contributed by atoms with Crippen LogP contribution in [0.2, 0.25) is 0 Å². The van der Waals surface area contributed by atoms with Crippen LogP contribution in [-0.2, 0) is 9.53 Å². The monoisotopic (exact) mass is 280 g/mol. The summed E-state index contributed by atoms with van der Waals surface area (Å²) >= 11 is 0. The number of hydrogen-bond acceptors (Lipinski definition) is 3. The molecule has 2 saturated heterocycles. The number of hydrogen-bond donors (Lipinski definition) is 0. The third-order valence-electron chi connectivity index (χ3n) is 5.36. The van der Waals surface area contributed by atoms with Crippen molar-refractivity contribution in [2.45, 2.75) is 38.5 Å². The van der Waals surface area contributed by atoms with Gasteiger partial charge in [0.05, 0.1) is 19.8 Å². The summed E-state index contributed by atoms with van der Waals surface area (Å²) in [5.41, 5.74) is 0. The van der Waals surface area contributed by atoms with Crippen LogP contribution < -0.4 is 0 Å². The summed E-state index contributed by atoms with van der Waals surface area (Å²) in [6, 6.07) is 0. The summed E-state index contributed by atoms with van der Waals surface area (Å²) in [5.74, 6) is 2.01. The molecule has 1 unspecified atom stereocenters. The molecule has 3 fully saturated rings. The molecule has 3 aliphatic rings. The van der Waals surface area contributed by atoms with Crippen LogP contribution in [0.5, 0.6) is 0 Å². The van der Waals surface area contributed by atoms with Gasteiger partial charge in [0.1, 0.15) is 0 Å². The summed E-state index contributed by atoms with van der Waals surface area (Å²) in [6.07, 6.45) is 8.26. The predicted octanol–water partition coefficient (Wildman–Crippen LogP) is 1.75. The van der Waals surface area contributed by atoms with Crippen LogP contribution in [0.25, 0.3) is 0 Å². The molecule has 2 heterocycles. The van der Waals surface area contributed by atoms with E-state index in [2.05, 4.69) is 9.80 Å². The van der Waals surface area contributed by atoms with Gasteiger partial charge in [-0.15, -0.1) is 0 Å². The van der Waals surface area contributed by atoms with Crippen LogP contribution in [0, 0.1) is 11.8 Å². The Balaban J connectivity index is 1.45. The maximum absolute atomic E-state index is 12.4. The second-order valence-corrected chi connectivity index (χ2v) is 6.68. The number of carbonyl (C=O) groups is 1. The number of carbonyl (C=O) groups excluding carboxylic acids is 1. The van der Waals surface area contributed by atoms with Crippen molar-refractivity contribution in [2.75, 3.05) is 45.9 Å². The summed E-state index contributed by atoms with van der Waals surface area (Å²) in [5, 5.41) is 0. The fraction of sp³-hybridized carbons (Fsp3) is 0.938. The summed E-state index contributed by atoms with van der Waals surface area (Å²) in [7, 11) is 0. The van der Waals surface area contributed by atoms with Crippen molar-refractivity contribution >= 4 is 5.91 Å². The summed E-state index contributed by atoms with van der Waals surface area (Å²) in [4.78, 5) is 16.7. The van der Waals surface area contributed by atoms with Gasteiger partial charge in [-0.2, -0.15) is 0 Å². The van der Waals surface area contributed by atoms with Crippen molar-refractivity contribution in [1.29, 1.82) is 0 Å². The maximum atomic E-state index is 12.4. The first-order chi connectivity index (χ1) is 9.83. The van der Waals surface area contributed by atoms with E-state index < -0.39 is 0 Å². The van der Waals surface area contributed by atoms with Crippen LogP contribution in [0.1, 0.15) is 38.5 Å². The Hall–Kier alpha value is -0.610. The number of nitrogens with zero attached hydrogens (tertiary/aromatic N) is 2. The highest BCUT2D eigenvalue weighted by Gasteiger charge is 2.32. The number of amides is 1. The molecule has 3 rings (SSSR count). The predicted molar refractivity (Wildman–Crippen MR) is 78.5 cm³/mol. The molecule has 0 aromatic rings. The molecule has 1 amide bonds. The second kappa shape index (κ2) is 6.90. The van der Waals surface area contributed by atoms with Crippen LogP contribution >= 0.6 is 0 Å². The molecule has 4 heteroatoms. The highest BCUT2D eigenvalue weighted by molar-refractivity contribution is 5.78. The van der Waals surface area contributed by atoms with Crippen molar-refractivity contribution < 1.29 is 9.53 Å². The molecule has 4 nitrogen and oxygen atoms in total. The lowest BCUT2D eigenvalue weighted by molar-refractivity contribution is -0.132. The average Bonchev–Trinajstić information content (AvgIpc) is 2.99. The highest BCUT2D eigenvalue weighted by atomic mass is 16.5. The minimum atomic E-state index is 0.338. The van der Waals surface area contributed by atoms with Crippen molar-refractivity contribution in [2.24, 2.45) is 11.8 Å². The van der Waals surface area contributed by atoms with Crippen molar-refractivity contribution in [3.05, 3.63) is 0 Å². The van der Waals surface area contributed by atoms with Gasteiger partial charge in [0.2, 0.25) is 5.91 Å². The standard InChI is InChI=1S/C16H28N2O2/c19-16(13-17-8-10-20-11-9-17)18-7-6-15(12-18)14-4-2-1-3-5-14/h14-15H,1-13H2. The number of ether oxygens (including phenoxy) is 1. The van der Waals surface area contributed by atoms with Crippen molar-refractivity contribution in [3.63, 3.8) is 0 Å². The topological polar surface area (TPSA) is 32.8 Å². The molecule has 0 aromatic heterocycles. The van der Waals surface area contributed by atoms with Gasteiger partial charge in [-0.1, -0.05) is 32.1 Å². The maximum Gasteiger partial charge on any atom is 0.236 e. The van der Waals surface area contributed by atoms with Gasteiger partial charge < -0.3 is 9.64 Å². The van der Waals surface area contributed by atoms with Crippen LogP contribution in [0.15, 0.2) is 0 Å². The van der Waals surface area contributed by atoms with Gasteiger partial charge in [-0.25, -0.2) is 0 Å². The third-order valence-corrected chi connectivity index (χ3v) is 5.36. The molecule has 114 valence electrons. The van der Waals surface area contributed by atoms with E-state index in [-0.39, 0.29) is 0 Å². The zero-order chi connectivity index (χ0) is 13.8. The Morgan fingerprint density at radius 1 is 0.950 bits per heavy atom. The Labute approximate surface area is 122 Å². The molecule has 2 aliphatic heterocycles. The van der Waals surface area contributed by atoms with E-state index in [1.54, 1.807) is 0 Å². The Morgan fingerprint density at radius 2 is 1.70 bits per heavy atom.